The summed E-state index contributed by atoms with van der Waals surface area (Å²) in [4.78, 5) is 1.95. The fourth-order valence-corrected chi connectivity index (χ4v) is 4.40. The summed E-state index contributed by atoms with van der Waals surface area (Å²) in [5, 5.41) is 7.07. The van der Waals surface area contributed by atoms with Gasteiger partial charge in [0.05, 0.1) is 5.69 Å². The fourth-order valence-electron chi connectivity index (χ4n) is 4.40. The smallest absolute Gasteiger partial charge is 0.179 e. The van der Waals surface area contributed by atoms with E-state index < -0.39 is 0 Å². The molecule has 0 aliphatic rings. The summed E-state index contributed by atoms with van der Waals surface area (Å²) in [5.74, 6) is 0.903. The second-order valence-corrected chi connectivity index (χ2v) is 9.00. The van der Waals surface area contributed by atoms with Gasteiger partial charge < -0.3 is 0 Å². The normalized spacial score (nSPS) is 12.0. The van der Waals surface area contributed by atoms with Crippen molar-refractivity contribution in [2.75, 3.05) is 0 Å². The Hall–Kier alpha value is -4.37. The quantitative estimate of drug-likeness (QED) is 0.341. The van der Waals surface area contributed by atoms with Crippen molar-refractivity contribution in [2.45, 2.75) is 13.8 Å². The summed E-state index contributed by atoms with van der Waals surface area (Å²) in [6.45, 7) is 12.9. The first-order valence-corrected chi connectivity index (χ1v) is 11.8. The van der Waals surface area contributed by atoms with E-state index >= 15 is 0 Å². The van der Waals surface area contributed by atoms with Crippen LogP contribution < -0.4 is 10.4 Å². The Morgan fingerprint density at radius 3 is 1.91 bits per heavy atom. The van der Waals surface area contributed by atoms with Gasteiger partial charge in [0.25, 0.3) is 0 Å². The van der Waals surface area contributed by atoms with Gasteiger partial charge >= 0.3 is 0 Å². The Balaban J connectivity index is 1.64. The molecule has 172 valence electrons. The maximum atomic E-state index is 5.01. The number of nitrogens with zero attached hydrogens (tertiary/aromatic N) is 3. The van der Waals surface area contributed by atoms with Gasteiger partial charge in [0.2, 0.25) is 0 Å². The summed E-state index contributed by atoms with van der Waals surface area (Å²) in [5.41, 5.74) is 8.78. The number of hydrogen-bond acceptors (Lipinski definition) is 1. The van der Waals surface area contributed by atoms with Gasteiger partial charge in [-0.25, -0.2) is 4.68 Å². The lowest BCUT2D eigenvalue weighted by molar-refractivity contribution is 0.462. The van der Waals surface area contributed by atoms with Crippen LogP contribution in [-0.4, -0.2) is 14.6 Å². The number of benzene rings is 4. The topological polar surface area (TPSA) is 22.8 Å². The predicted octanol–water partition coefficient (Wildman–Crippen LogP) is 5.55. The lowest BCUT2D eigenvalue weighted by atomic mass is 9.97. The van der Waals surface area contributed by atoms with E-state index in [0.717, 1.165) is 49.8 Å². The van der Waals surface area contributed by atoms with Crippen LogP contribution in [-0.2, 0) is 7.05 Å². The summed E-state index contributed by atoms with van der Waals surface area (Å²) in [6.07, 6.45) is 0. The summed E-state index contributed by atoms with van der Waals surface area (Å²) >= 11 is 0. The SMILES string of the molecule is C=C(c1ccc(C)cc1)c1ccccc1-n1nc(/C(c2ccc(C)cc2)=c2/ccccc2=C)n1C. The third-order valence-electron chi connectivity index (χ3n) is 6.48. The molecule has 0 bridgehead atoms. The Labute approximate surface area is 206 Å². The maximum absolute atomic E-state index is 5.01. The minimum absolute atomic E-state index is 0.903. The molecule has 0 atom stereocenters. The Bertz CT molecular complexity index is 1630. The molecule has 5 rings (SSSR count). The lowest BCUT2D eigenvalue weighted by Gasteiger charge is -2.25. The van der Waals surface area contributed by atoms with Crippen molar-refractivity contribution in [2.24, 2.45) is 7.05 Å². The van der Waals surface area contributed by atoms with Crippen molar-refractivity contribution in [1.82, 2.24) is 14.6 Å². The van der Waals surface area contributed by atoms with Crippen molar-refractivity contribution >= 4 is 17.7 Å². The van der Waals surface area contributed by atoms with Gasteiger partial charge in [-0.15, -0.1) is 5.10 Å². The number of para-hydroxylation sites is 1. The molecule has 1 aromatic heterocycles. The summed E-state index contributed by atoms with van der Waals surface area (Å²) in [7, 11) is 2.05. The van der Waals surface area contributed by atoms with Gasteiger partial charge in [-0.1, -0.05) is 115 Å². The van der Waals surface area contributed by atoms with E-state index in [1.54, 1.807) is 0 Å². The van der Waals surface area contributed by atoms with E-state index in [1.807, 2.05) is 36.1 Å². The monoisotopic (exact) mass is 455 g/mol. The molecule has 0 radical (unpaired) electrons. The maximum Gasteiger partial charge on any atom is 0.179 e. The number of aromatic nitrogens is 3. The first kappa shape index (κ1) is 22.4. The van der Waals surface area contributed by atoms with Crippen LogP contribution in [0.1, 0.15) is 33.6 Å². The first-order valence-electron chi connectivity index (χ1n) is 11.8. The van der Waals surface area contributed by atoms with Crippen LogP contribution in [0.3, 0.4) is 0 Å². The van der Waals surface area contributed by atoms with Crippen LogP contribution in [0.25, 0.3) is 23.4 Å². The molecule has 0 spiro atoms. The van der Waals surface area contributed by atoms with Gasteiger partial charge in [-0.3, -0.25) is 0 Å². The number of aryl methyl sites for hydroxylation is 2. The highest BCUT2D eigenvalue weighted by Gasteiger charge is 2.21. The van der Waals surface area contributed by atoms with Crippen LogP contribution in [0.2, 0.25) is 0 Å². The van der Waals surface area contributed by atoms with E-state index in [9.17, 15) is 0 Å². The molecule has 0 amide bonds. The molecule has 0 unspecified atom stereocenters. The molecule has 3 nitrogen and oxygen atoms in total. The molecule has 4 aromatic carbocycles. The highest BCUT2D eigenvalue weighted by molar-refractivity contribution is 5.82. The lowest BCUT2D eigenvalue weighted by Crippen LogP contribution is -2.33. The predicted molar refractivity (Wildman–Crippen MR) is 146 cm³/mol. The van der Waals surface area contributed by atoms with E-state index in [-0.39, 0.29) is 0 Å². The van der Waals surface area contributed by atoms with E-state index in [2.05, 4.69) is 104 Å². The molecule has 35 heavy (non-hydrogen) atoms. The van der Waals surface area contributed by atoms with Gasteiger partial charge in [0.15, 0.2) is 5.82 Å². The van der Waals surface area contributed by atoms with E-state index in [1.165, 1.54) is 11.1 Å². The second-order valence-electron chi connectivity index (χ2n) is 9.00. The molecule has 0 saturated carbocycles. The minimum Gasteiger partial charge on any atom is -0.248 e. The summed E-state index contributed by atoms with van der Waals surface area (Å²) in [6, 6.07) is 33.6. The summed E-state index contributed by atoms with van der Waals surface area (Å²) < 4.78 is 2.10. The number of hydrogen-bond donors (Lipinski definition) is 0. The zero-order valence-corrected chi connectivity index (χ0v) is 20.5. The average molecular weight is 456 g/mol. The van der Waals surface area contributed by atoms with E-state index in [4.69, 9.17) is 5.10 Å². The second kappa shape index (κ2) is 9.11. The van der Waals surface area contributed by atoms with Crippen LogP contribution in [0.5, 0.6) is 0 Å². The van der Waals surface area contributed by atoms with Gasteiger partial charge in [0.1, 0.15) is 0 Å². The standard InChI is InChI=1S/C32H29N3/c1-22-14-18-26(19-15-22)25(4)29-12-8-9-13-30(29)35-33-32(34(35)5)31(27-20-16-23(2)17-21-27)28-11-7-6-10-24(28)3/h6-21H,3-4H2,1-2,5H3/b31-28-. The van der Waals surface area contributed by atoms with Gasteiger partial charge in [-0.2, -0.15) is 4.80 Å². The average Bonchev–Trinajstić information content (AvgIpc) is 2.87. The highest BCUT2D eigenvalue weighted by Crippen LogP contribution is 2.29. The molecule has 5 aromatic rings. The molecular weight excluding hydrogens is 426 g/mol. The number of rotatable bonds is 5. The molecule has 0 fully saturated rings. The molecule has 3 heteroatoms. The van der Waals surface area contributed by atoms with Crippen LogP contribution in [0, 0.1) is 13.8 Å². The molecule has 0 aliphatic heterocycles. The zero-order chi connectivity index (χ0) is 24.5. The third kappa shape index (κ3) is 4.17. The molecule has 1 heterocycles. The van der Waals surface area contributed by atoms with Crippen molar-refractivity contribution in [3.8, 4) is 5.69 Å². The molecule has 0 N–H and O–H groups in total. The highest BCUT2D eigenvalue weighted by atomic mass is 15.6. The van der Waals surface area contributed by atoms with Crippen molar-refractivity contribution in [1.29, 1.82) is 0 Å². The molecular formula is C32H29N3. The van der Waals surface area contributed by atoms with Gasteiger partial charge in [-0.05, 0) is 47.1 Å². The Morgan fingerprint density at radius 1 is 0.714 bits per heavy atom. The molecule has 0 aliphatic carbocycles. The van der Waals surface area contributed by atoms with Crippen LogP contribution >= 0.6 is 0 Å². The third-order valence-corrected chi connectivity index (χ3v) is 6.48. The van der Waals surface area contributed by atoms with E-state index in [0.29, 0.717) is 0 Å². The first-order chi connectivity index (χ1) is 16.9. The zero-order valence-electron chi connectivity index (χ0n) is 20.5. The Kier molecular flexibility index (Phi) is 5.84. The molecule has 0 saturated heterocycles. The van der Waals surface area contributed by atoms with Crippen molar-refractivity contribution < 1.29 is 0 Å². The largest absolute Gasteiger partial charge is 0.248 e. The van der Waals surface area contributed by atoms with Crippen LogP contribution in [0.4, 0.5) is 0 Å². The van der Waals surface area contributed by atoms with Crippen LogP contribution in [0.15, 0.2) is 104 Å². The van der Waals surface area contributed by atoms with Crippen molar-refractivity contribution in [3.63, 3.8) is 0 Å². The van der Waals surface area contributed by atoms with Crippen molar-refractivity contribution in [3.05, 3.63) is 148 Å². The van der Waals surface area contributed by atoms with Gasteiger partial charge in [0, 0.05) is 18.2 Å². The minimum atomic E-state index is 0.903. The fraction of sp³-hybridized carbons (Fsp3) is 0.0938. The Morgan fingerprint density at radius 2 is 1.29 bits per heavy atom.